The number of nitrogens with one attached hydrogen (secondary N) is 1. The minimum Gasteiger partial charge on any atom is -0.489 e. The molecule has 2 heterocycles. The van der Waals surface area contributed by atoms with E-state index in [9.17, 15) is 4.79 Å². The van der Waals surface area contributed by atoms with Gasteiger partial charge in [-0.2, -0.15) is 0 Å². The molecule has 6 heteroatoms. The van der Waals surface area contributed by atoms with Crippen LogP contribution >= 0.6 is 11.6 Å². The number of ether oxygens (including phenoxy) is 2. The summed E-state index contributed by atoms with van der Waals surface area (Å²) in [6.45, 7) is 5.83. The highest BCUT2D eigenvalue weighted by molar-refractivity contribution is 6.32. The number of hydrogen-bond donors (Lipinski definition) is 1. The average Bonchev–Trinajstić information content (AvgIpc) is 2.86. The van der Waals surface area contributed by atoms with Crippen molar-refractivity contribution in [3.05, 3.63) is 22.7 Å². The summed E-state index contributed by atoms with van der Waals surface area (Å²) in [4.78, 5) is 14.9. The molecule has 2 aliphatic heterocycles. The van der Waals surface area contributed by atoms with Gasteiger partial charge in [0.1, 0.15) is 0 Å². The SMILES string of the molecule is CCCN1CCCCC1C(=O)NCc1cc(Cl)c2c(c1)OCCCO2. The molecule has 0 saturated carbocycles. The summed E-state index contributed by atoms with van der Waals surface area (Å²) in [6, 6.07) is 3.75. The number of benzene rings is 1. The normalized spacial score (nSPS) is 20.8. The summed E-state index contributed by atoms with van der Waals surface area (Å²) >= 11 is 6.32. The van der Waals surface area contributed by atoms with Crippen LogP contribution in [0.3, 0.4) is 0 Å². The van der Waals surface area contributed by atoms with Gasteiger partial charge in [-0.3, -0.25) is 9.69 Å². The number of halogens is 1. The molecule has 25 heavy (non-hydrogen) atoms. The van der Waals surface area contributed by atoms with Crippen molar-refractivity contribution < 1.29 is 14.3 Å². The molecule has 1 aromatic rings. The lowest BCUT2D eigenvalue weighted by Gasteiger charge is -2.34. The number of piperidine rings is 1. The maximum atomic E-state index is 12.6. The van der Waals surface area contributed by atoms with E-state index in [2.05, 4.69) is 17.1 Å². The van der Waals surface area contributed by atoms with Crippen molar-refractivity contribution in [2.45, 2.75) is 51.6 Å². The summed E-state index contributed by atoms with van der Waals surface area (Å²) in [5.74, 6) is 1.38. The van der Waals surface area contributed by atoms with Crippen molar-refractivity contribution in [3.8, 4) is 11.5 Å². The van der Waals surface area contributed by atoms with E-state index >= 15 is 0 Å². The van der Waals surface area contributed by atoms with E-state index in [0.29, 0.717) is 36.3 Å². The van der Waals surface area contributed by atoms with Crippen LogP contribution in [-0.4, -0.2) is 43.2 Å². The van der Waals surface area contributed by atoms with Crippen LogP contribution in [0.25, 0.3) is 0 Å². The molecule has 1 N–H and O–H groups in total. The van der Waals surface area contributed by atoms with Gasteiger partial charge in [-0.05, 0) is 50.0 Å². The van der Waals surface area contributed by atoms with Gasteiger partial charge < -0.3 is 14.8 Å². The smallest absolute Gasteiger partial charge is 0.237 e. The molecule has 5 nitrogen and oxygen atoms in total. The minimum absolute atomic E-state index is 0.00965. The Kier molecular flexibility index (Phi) is 6.43. The topological polar surface area (TPSA) is 50.8 Å². The average molecular weight is 367 g/mol. The summed E-state index contributed by atoms with van der Waals surface area (Å²) in [5, 5.41) is 3.61. The first-order valence-electron chi connectivity index (χ1n) is 9.29. The minimum atomic E-state index is -0.00965. The van der Waals surface area contributed by atoms with Crippen molar-refractivity contribution >= 4 is 17.5 Å². The van der Waals surface area contributed by atoms with Gasteiger partial charge in [-0.1, -0.05) is 24.9 Å². The molecule has 0 spiro atoms. The monoisotopic (exact) mass is 366 g/mol. The van der Waals surface area contributed by atoms with Crippen LogP contribution in [-0.2, 0) is 11.3 Å². The molecular formula is C19H27ClN2O3. The molecule has 0 radical (unpaired) electrons. The summed E-state index contributed by atoms with van der Waals surface area (Å²) in [7, 11) is 0. The van der Waals surface area contributed by atoms with Gasteiger partial charge in [0.25, 0.3) is 0 Å². The van der Waals surface area contributed by atoms with Gasteiger partial charge in [0.05, 0.1) is 24.3 Å². The molecular weight excluding hydrogens is 340 g/mol. The van der Waals surface area contributed by atoms with E-state index in [4.69, 9.17) is 21.1 Å². The van der Waals surface area contributed by atoms with Crippen LogP contribution in [0.2, 0.25) is 5.02 Å². The third-order valence-corrected chi connectivity index (χ3v) is 5.04. The Morgan fingerprint density at radius 3 is 2.96 bits per heavy atom. The van der Waals surface area contributed by atoms with E-state index in [0.717, 1.165) is 44.3 Å². The van der Waals surface area contributed by atoms with Crippen molar-refractivity contribution in [3.63, 3.8) is 0 Å². The molecule has 1 saturated heterocycles. The van der Waals surface area contributed by atoms with Crippen LogP contribution in [0.1, 0.15) is 44.6 Å². The van der Waals surface area contributed by atoms with Crippen LogP contribution in [0.4, 0.5) is 0 Å². The number of rotatable bonds is 5. The second-order valence-electron chi connectivity index (χ2n) is 6.72. The standard InChI is InChI=1S/C19H27ClN2O3/c1-2-7-22-8-4-3-6-16(22)19(23)21-13-14-11-15(20)18-17(12-14)24-9-5-10-25-18/h11-12,16H,2-10,13H2,1H3,(H,21,23). The zero-order chi connectivity index (χ0) is 17.6. The second kappa shape index (κ2) is 8.77. The highest BCUT2D eigenvalue weighted by Crippen LogP contribution is 2.38. The maximum Gasteiger partial charge on any atom is 0.237 e. The molecule has 1 fully saturated rings. The van der Waals surface area contributed by atoms with Crippen LogP contribution in [0, 0.1) is 0 Å². The Balaban J connectivity index is 1.63. The van der Waals surface area contributed by atoms with E-state index in [1.54, 1.807) is 0 Å². The van der Waals surface area contributed by atoms with Crippen molar-refractivity contribution in [1.82, 2.24) is 10.2 Å². The molecule has 1 unspecified atom stereocenters. The van der Waals surface area contributed by atoms with Crippen LogP contribution in [0.15, 0.2) is 12.1 Å². The Labute approximate surface area is 154 Å². The Morgan fingerprint density at radius 1 is 1.28 bits per heavy atom. The fraction of sp³-hybridized carbons (Fsp3) is 0.632. The van der Waals surface area contributed by atoms with E-state index < -0.39 is 0 Å². The lowest BCUT2D eigenvalue weighted by Crippen LogP contribution is -2.49. The summed E-state index contributed by atoms with van der Waals surface area (Å²) in [5.41, 5.74) is 0.931. The zero-order valence-electron chi connectivity index (χ0n) is 14.9. The third-order valence-electron chi connectivity index (χ3n) is 4.76. The Hall–Kier alpha value is -1.46. The number of hydrogen-bond acceptors (Lipinski definition) is 4. The Morgan fingerprint density at radius 2 is 2.12 bits per heavy atom. The van der Waals surface area contributed by atoms with Gasteiger partial charge in [-0.25, -0.2) is 0 Å². The predicted molar refractivity (Wildman–Crippen MR) is 98.4 cm³/mol. The zero-order valence-corrected chi connectivity index (χ0v) is 15.6. The fourth-order valence-electron chi connectivity index (χ4n) is 3.54. The lowest BCUT2D eigenvalue weighted by atomic mass is 10.0. The van der Waals surface area contributed by atoms with E-state index in [-0.39, 0.29) is 11.9 Å². The van der Waals surface area contributed by atoms with Crippen LogP contribution < -0.4 is 14.8 Å². The van der Waals surface area contributed by atoms with Crippen molar-refractivity contribution in [2.75, 3.05) is 26.3 Å². The van der Waals surface area contributed by atoms with Gasteiger partial charge in [0, 0.05) is 13.0 Å². The summed E-state index contributed by atoms with van der Waals surface area (Å²) < 4.78 is 11.4. The third kappa shape index (κ3) is 4.59. The molecule has 2 aliphatic rings. The number of carbonyl (C=O) groups excluding carboxylic acids is 1. The first kappa shape index (κ1) is 18.3. The number of fused-ring (bicyclic) bond motifs is 1. The maximum absolute atomic E-state index is 12.6. The van der Waals surface area contributed by atoms with E-state index in [1.165, 1.54) is 6.42 Å². The highest BCUT2D eigenvalue weighted by atomic mass is 35.5. The molecule has 1 amide bonds. The van der Waals surface area contributed by atoms with Gasteiger partial charge >= 0.3 is 0 Å². The molecule has 3 rings (SSSR count). The quantitative estimate of drug-likeness (QED) is 0.867. The van der Waals surface area contributed by atoms with Gasteiger partial charge in [-0.15, -0.1) is 0 Å². The van der Waals surface area contributed by atoms with Crippen LogP contribution in [0.5, 0.6) is 11.5 Å². The van der Waals surface area contributed by atoms with Crippen molar-refractivity contribution in [2.24, 2.45) is 0 Å². The number of likely N-dealkylation sites (tertiary alicyclic amines) is 1. The van der Waals surface area contributed by atoms with Gasteiger partial charge in [0.2, 0.25) is 5.91 Å². The number of amides is 1. The number of nitrogens with zero attached hydrogens (tertiary/aromatic N) is 1. The first-order valence-corrected chi connectivity index (χ1v) is 9.66. The molecule has 0 bridgehead atoms. The van der Waals surface area contributed by atoms with Gasteiger partial charge in [0.15, 0.2) is 11.5 Å². The van der Waals surface area contributed by atoms with Crippen molar-refractivity contribution in [1.29, 1.82) is 0 Å². The highest BCUT2D eigenvalue weighted by Gasteiger charge is 2.27. The summed E-state index contributed by atoms with van der Waals surface area (Å²) in [6.07, 6.45) is 5.15. The molecule has 138 valence electrons. The lowest BCUT2D eigenvalue weighted by molar-refractivity contribution is -0.127. The Bertz CT molecular complexity index is 607. The second-order valence-corrected chi connectivity index (χ2v) is 7.13. The first-order chi connectivity index (χ1) is 12.2. The molecule has 0 aliphatic carbocycles. The predicted octanol–water partition coefficient (Wildman–Crippen LogP) is 3.38. The molecule has 1 aromatic carbocycles. The molecule has 1 atom stereocenters. The molecule has 0 aromatic heterocycles. The fourth-order valence-corrected chi connectivity index (χ4v) is 3.82. The number of carbonyl (C=O) groups is 1. The largest absolute Gasteiger partial charge is 0.489 e. The van der Waals surface area contributed by atoms with E-state index in [1.807, 2.05) is 12.1 Å².